The maximum absolute atomic E-state index is 12.1. The average molecular weight is 300 g/mol. The molecule has 1 saturated heterocycles. The Balaban J connectivity index is 1.48. The zero-order valence-electron chi connectivity index (χ0n) is 13.1. The van der Waals surface area contributed by atoms with Crippen LogP contribution in [0, 0.1) is 5.92 Å². The molecule has 2 heterocycles. The first-order valence-corrected chi connectivity index (χ1v) is 8.14. The second-order valence-corrected chi connectivity index (χ2v) is 5.99. The van der Waals surface area contributed by atoms with Gasteiger partial charge in [0.15, 0.2) is 0 Å². The molecular formula is C17H24N4O. The highest BCUT2D eigenvalue weighted by Gasteiger charge is 2.20. The van der Waals surface area contributed by atoms with Gasteiger partial charge in [-0.25, -0.2) is 4.98 Å². The lowest BCUT2D eigenvalue weighted by molar-refractivity contribution is -0.125. The van der Waals surface area contributed by atoms with E-state index in [1.807, 2.05) is 18.2 Å². The lowest BCUT2D eigenvalue weighted by Crippen LogP contribution is -2.38. The molecule has 0 unspecified atom stereocenters. The van der Waals surface area contributed by atoms with Crippen molar-refractivity contribution >= 4 is 16.9 Å². The molecule has 1 aromatic heterocycles. The Morgan fingerprint density at radius 3 is 2.91 bits per heavy atom. The normalized spacial score (nSPS) is 16.0. The van der Waals surface area contributed by atoms with Gasteiger partial charge in [0.1, 0.15) is 5.82 Å². The molecule has 5 nitrogen and oxygen atoms in total. The Labute approximate surface area is 131 Å². The Morgan fingerprint density at radius 2 is 2.14 bits per heavy atom. The average Bonchev–Trinajstić information content (AvgIpc) is 2.89. The number of nitrogens with one attached hydrogen (secondary N) is 2. The molecule has 0 atom stereocenters. The molecule has 1 aromatic carbocycles. The van der Waals surface area contributed by atoms with Crippen molar-refractivity contribution in [1.82, 2.24) is 20.2 Å². The van der Waals surface area contributed by atoms with Crippen molar-refractivity contribution in [2.45, 2.75) is 25.7 Å². The highest BCUT2D eigenvalue weighted by Crippen LogP contribution is 2.15. The summed E-state index contributed by atoms with van der Waals surface area (Å²) in [5.74, 6) is 1.49. The molecule has 1 aliphatic rings. The van der Waals surface area contributed by atoms with Gasteiger partial charge in [-0.2, -0.15) is 0 Å². The number of carbonyl (C=O) groups is 1. The monoisotopic (exact) mass is 300 g/mol. The van der Waals surface area contributed by atoms with Gasteiger partial charge >= 0.3 is 0 Å². The fourth-order valence-corrected chi connectivity index (χ4v) is 3.11. The van der Waals surface area contributed by atoms with Gasteiger partial charge in [-0.05, 0) is 44.5 Å². The van der Waals surface area contributed by atoms with Crippen molar-refractivity contribution in [1.29, 1.82) is 0 Å². The molecule has 1 fully saturated rings. The highest BCUT2D eigenvalue weighted by atomic mass is 16.1. The van der Waals surface area contributed by atoms with Crippen LogP contribution in [0.2, 0.25) is 0 Å². The third-order valence-electron chi connectivity index (χ3n) is 4.47. The number of benzene rings is 1. The summed E-state index contributed by atoms with van der Waals surface area (Å²) in [6.45, 7) is 2.64. The summed E-state index contributed by atoms with van der Waals surface area (Å²) in [6.07, 6.45) is 3.72. The van der Waals surface area contributed by atoms with Gasteiger partial charge < -0.3 is 15.2 Å². The van der Waals surface area contributed by atoms with E-state index in [-0.39, 0.29) is 11.8 Å². The molecule has 0 aliphatic carbocycles. The van der Waals surface area contributed by atoms with E-state index in [9.17, 15) is 4.79 Å². The number of imidazole rings is 1. The highest BCUT2D eigenvalue weighted by molar-refractivity contribution is 5.78. The molecule has 3 rings (SSSR count). The lowest BCUT2D eigenvalue weighted by Gasteiger charge is -2.21. The van der Waals surface area contributed by atoms with Gasteiger partial charge in [0.05, 0.1) is 11.0 Å². The number of aryl methyl sites for hydroxylation is 2. The minimum atomic E-state index is 0.192. The predicted octanol–water partition coefficient (Wildman–Crippen LogP) is 1.62. The van der Waals surface area contributed by atoms with Gasteiger partial charge in [0.2, 0.25) is 5.91 Å². The SMILES string of the molecule is Cn1c(CCCNC(=O)C2CCNCC2)nc2ccccc21. The Kier molecular flexibility index (Phi) is 4.73. The second kappa shape index (κ2) is 6.92. The standard InChI is InChI=1S/C17H24N4O/c1-21-15-6-3-2-5-14(15)20-16(21)7-4-10-19-17(22)13-8-11-18-12-9-13/h2-3,5-6,13,18H,4,7-12H2,1H3,(H,19,22). The van der Waals surface area contributed by atoms with E-state index in [0.29, 0.717) is 0 Å². The van der Waals surface area contributed by atoms with Gasteiger partial charge in [-0.15, -0.1) is 0 Å². The van der Waals surface area contributed by atoms with E-state index >= 15 is 0 Å². The number of amides is 1. The number of hydrogen-bond acceptors (Lipinski definition) is 3. The Hall–Kier alpha value is -1.88. The van der Waals surface area contributed by atoms with Crippen molar-refractivity contribution < 1.29 is 4.79 Å². The van der Waals surface area contributed by atoms with E-state index in [1.165, 1.54) is 0 Å². The molecule has 2 aromatic rings. The summed E-state index contributed by atoms with van der Waals surface area (Å²) in [7, 11) is 2.05. The number of hydrogen-bond donors (Lipinski definition) is 2. The Bertz CT molecular complexity index is 643. The number of fused-ring (bicyclic) bond motifs is 1. The van der Waals surface area contributed by atoms with Crippen LogP contribution in [0.15, 0.2) is 24.3 Å². The summed E-state index contributed by atoms with van der Waals surface area (Å²) < 4.78 is 2.14. The fraction of sp³-hybridized carbons (Fsp3) is 0.529. The summed E-state index contributed by atoms with van der Waals surface area (Å²) in [6, 6.07) is 8.17. The number of rotatable bonds is 5. The number of aromatic nitrogens is 2. The van der Waals surface area contributed by atoms with Gasteiger partial charge in [-0.3, -0.25) is 4.79 Å². The van der Waals surface area contributed by atoms with E-state index in [1.54, 1.807) is 0 Å². The van der Waals surface area contributed by atoms with Crippen molar-refractivity contribution in [2.75, 3.05) is 19.6 Å². The maximum atomic E-state index is 12.1. The van der Waals surface area contributed by atoms with Crippen molar-refractivity contribution in [2.24, 2.45) is 13.0 Å². The molecule has 2 N–H and O–H groups in total. The van der Waals surface area contributed by atoms with Gasteiger partial charge in [0.25, 0.3) is 0 Å². The van der Waals surface area contributed by atoms with Crippen LogP contribution in [-0.4, -0.2) is 35.1 Å². The summed E-state index contributed by atoms with van der Waals surface area (Å²) in [4.78, 5) is 16.7. The topological polar surface area (TPSA) is 59.0 Å². The maximum Gasteiger partial charge on any atom is 0.223 e. The van der Waals surface area contributed by atoms with Crippen molar-refractivity contribution in [3.05, 3.63) is 30.1 Å². The third kappa shape index (κ3) is 3.30. The molecular weight excluding hydrogens is 276 g/mol. The van der Waals surface area contributed by atoms with Crippen LogP contribution in [0.25, 0.3) is 11.0 Å². The second-order valence-electron chi connectivity index (χ2n) is 5.99. The largest absolute Gasteiger partial charge is 0.356 e. The first-order valence-electron chi connectivity index (χ1n) is 8.14. The number of carbonyl (C=O) groups excluding carboxylic acids is 1. The van der Waals surface area contributed by atoms with Crippen LogP contribution in [-0.2, 0) is 18.3 Å². The molecule has 0 bridgehead atoms. The van der Waals surface area contributed by atoms with Crippen LogP contribution in [0.1, 0.15) is 25.1 Å². The summed E-state index contributed by atoms with van der Waals surface area (Å²) in [5.41, 5.74) is 2.20. The smallest absolute Gasteiger partial charge is 0.223 e. The first-order chi connectivity index (χ1) is 10.8. The van der Waals surface area contributed by atoms with Crippen LogP contribution >= 0.6 is 0 Å². The minimum Gasteiger partial charge on any atom is -0.356 e. The molecule has 5 heteroatoms. The molecule has 1 amide bonds. The van der Waals surface area contributed by atoms with Crippen LogP contribution in [0.5, 0.6) is 0 Å². The summed E-state index contributed by atoms with van der Waals surface area (Å²) in [5, 5.41) is 6.36. The summed E-state index contributed by atoms with van der Waals surface area (Å²) >= 11 is 0. The van der Waals surface area contributed by atoms with Crippen molar-refractivity contribution in [3.63, 3.8) is 0 Å². The van der Waals surface area contributed by atoms with E-state index in [4.69, 9.17) is 0 Å². The molecule has 0 saturated carbocycles. The molecule has 22 heavy (non-hydrogen) atoms. The number of nitrogens with zero attached hydrogens (tertiary/aromatic N) is 2. The predicted molar refractivity (Wildman–Crippen MR) is 87.6 cm³/mol. The third-order valence-corrected chi connectivity index (χ3v) is 4.47. The zero-order chi connectivity index (χ0) is 15.4. The zero-order valence-corrected chi connectivity index (χ0v) is 13.1. The van der Waals surface area contributed by atoms with Gasteiger partial charge in [0, 0.05) is 25.9 Å². The number of piperidine rings is 1. The molecule has 118 valence electrons. The van der Waals surface area contributed by atoms with E-state index in [2.05, 4.69) is 33.3 Å². The van der Waals surface area contributed by atoms with E-state index < -0.39 is 0 Å². The molecule has 1 aliphatic heterocycles. The Morgan fingerprint density at radius 1 is 1.36 bits per heavy atom. The van der Waals surface area contributed by atoms with Crippen LogP contribution in [0.4, 0.5) is 0 Å². The quantitative estimate of drug-likeness (QED) is 0.825. The lowest BCUT2D eigenvalue weighted by atomic mass is 9.97. The fourth-order valence-electron chi connectivity index (χ4n) is 3.11. The molecule has 0 radical (unpaired) electrons. The number of para-hydroxylation sites is 2. The van der Waals surface area contributed by atoms with Gasteiger partial charge in [-0.1, -0.05) is 12.1 Å². The first kappa shape index (κ1) is 15.0. The van der Waals surface area contributed by atoms with Crippen molar-refractivity contribution in [3.8, 4) is 0 Å². The minimum absolute atomic E-state index is 0.192. The molecule has 0 spiro atoms. The van der Waals surface area contributed by atoms with Crippen LogP contribution in [0.3, 0.4) is 0 Å². The van der Waals surface area contributed by atoms with Crippen LogP contribution < -0.4 is 10.6 Å². The van der Waals surface area contributed by atoms with E-state index in [0.717, 1.165) is 62.2 Å².